The molecular formula is C60H108N4O27. The van der Waals surface area contributed by atoms with Crippen LogP contribution in [0.3, 0.4) is 0 Å². The van der Waals surface area contributed by atoms with Crippen molar-refractivity contribution in [1.82, 2.24) is 20.4 Å². The van der Waals surface area contributed by atoms with Gasteiger partial charge in [0.15, 0.2) is 5.82 Å². The first-order valence-corrected chi connectivity index (χ1v) is 31.5. The minimum absolute atomic E-state index is 0.0110. The fourth-order valence-corrected chi connectivity index (χ4v) is 6.63. The van der Waals surface area contributed by atoms with Gasteiger partial charge in [0.2, 0.25) is 5.82 Å². The van der Waals surface area contributed by atoms with Gasteiger partial charge >= 0.3 is 5.97 Å². The van der Waals surface area contributed by atoms with Crippen molar-refractivity contribution in [3.63, 3.8) is 0 Å². The van der Waals surface area contributed by atoms with Gasteiger partial charge in [-0.15, -0.1) is 20.4 Å². The molecule has 0 unspecified atom stereocenters. The first-order chi connectivity index (χ1) is 45.1. The predicted octanol–water partition coefficient (Wildman–Crippen LogP) is 1.49. The Balaban J connectivity index is 1.10. The molecule has 31 heteroatoms. The third-order valence-corrected chi connectivity index (χ3v) is 11.2. The molecule has 0 aliphatic heterocycles. The number of aryl methyl sites for hydroxylation is 1. The minimum atomic E-state index is -0.881. The van der Waals surface area contributed by atoms with E-state index in [1.807, 2.05) is 24.3 Å². The van der Waals surface area contributed by atoms with Crippen molar-refractivity contribution in [2.45, 2.75) is 13.3 Å². The zero-order chi connectivity index (χ0) is 64.6. The van der Waals surface area contributed by atoms with Crippen LogP contribution >= 0.6 is 0 Å². The highest BCUT2D eigenvalue weighted by molar-refractivity contribution is 5.66. The van der Waals surface area contributed by atoms with E-state index in [0.717, 1.165) is 11.3 Å². The Morgan fingerprint density at radius 1 is 0.253 bits per heavy atom. The maximum Gasteiger partial charge on any atom is 0.305 e. The molecule has 0 atom stereocenters. The number of ether oxygens (including phenoxy) is 25. The van der Waals surface area contributed by atoms with Gasteiger partial charge in [-0.05, 0) is 31.2 Å². The molecule has 1 heterocycles. The summed E-state index contributed by atoms with van der Waals surface area (Å²) in [6.07, 6.45) is -0.0110. The quantitative estimate of drug-likeness (QED) is 0.0917. The van der Waals surface area contributed by atoms with Crippen molar-refractivity contribution in [3.8, 4) is 17.1 Å². The molecule has 0 aliphatic rings. The lowest BCUT2D eigenvalue weighted by Crippen LogP contribution is -2.16. The number of hydrogen-bond donors (Lipinski definition) is 1. The second-order valence-electron chi connectivity index (χ2n) is 18.5. The average Bonchev–Trinajstić information content (AvgIpc) is 3.13. The minimum Gasteiger partial charge on any atom is -0.491 e. The first-order valence-electron chi connectivity index (χ1n) is 31.5. The van der Waals surface area contributed by atoms with Crippen LogP contribution in [0.5, 0.6) is 5.75 Å². The van der Waals surface area contributed by atoms with E-state index in [4.69, 9.17) is 124 Å². The molecule has 0 fully saturated rings. The second kappa shape index (κ2) is 70.8. The normalized spacial score (nSPS) is 11.6. The zero-order valence-corrected chi connectivity index (χ0v) is 54.0. The highest BCUT2D eigenvalue weighted by Gasteiger charge is 2.05. The van der Waals surface area contributed by atoms with Crippen LogP contribution in [0.25, 0.3) is 11.4 Å². The lowest BCUT2D eigenvalue weighted by Gasteiger charge is -2.09. The standard InChI is InChI=1S/C60H108N4O27/c1-56-61-63-60(64-62-56)57-2-4-58(5-3-57)91-55-54-90-53-52-89-51-50-88-49-48-87-47-46-86-45-44-85-43-42-84-41-40-83-39-38-82-37-36-81-35-34-80-33-32-79-31-30-78-29-28-77-27-26-76-25-24-75-23-22-74-21-20-73-19-18-72-17-16-71-15-14-70-13-12-69-11-10-68-9-8-67-7-6-59(65)66/h2-5H,6-55H2,1H3,(H,65,66). The first kappa shape index (κ1) is 83.6. The fourth-order valence-electron chi connectivity index (χ4n) is 6.63. The van der Waals surface area contributed by atoms with Crippen LogP contribution in [0.1, 0.15) is 12.2 Å². The number of carboxylic acid groups (broad SMARTS) is 1. The molecule has 1 aromatic heterocycles. The van der Waals surface area contributed by atoms with Gasteiger partial charge in [0, 0.05) is 5.56 Å². The smallest absolute Gasteiger partial charge is 0.305 e. The highest BCUT2D eigenvalue weighted by Crippen LogP contribution is 2.18. The number of carbonyl (C=O) groups is 1. The highest BCUT2D eigenvalue weighted by atomic mass is 16.6. The van der Waals surface area contributed by atoms with E-state index in [1.54, 1.807) is 6.92 Å². The maximum absolute atomic E-state index is 10.4. The molecule has 0 bridgehead atoms. The molecule has 530 valence electrons. The van der Waals surface area contributed by atoms with Crippen molar-refractivity contribution < 1.29 is 128 Å². The molecule has 1 aromatic carbocycles. The van der Waals surface area contributed by atoms with E-state index in [1.165, 1.54) is 0 Å². The van der Waals surface area contributed by atoms with Gasteiger partial charge < -0.3 is 124 Å². The largest absolute Gasteiger partial charge is 0.491 e. The van der Waals surface area contributed by atoms with Crippen LogP contribution in [0, 0.1) is 6.92 Å². The summed E-state index contributed by atoms with van der Waals surface area (Å²) < 4.78 is 138. The number of aliphatic carboxylic acids is 1. The Kier molecular flexibility index (Phi) is 65.0. The molecule has 0 saturated carbocycles. The lowest BCUT2D eigenvalue weighted by molar-refractivity contribution is -0.138. The monoisotopic (exact) mass is 1320 g/mol. The zero-order valence-electron chi connectivity index (χ0n) is 54.0. The summed E-state index contributed by atoms with van der Waals surface area (Å²) >= 11 is 0. The molecular weight excluding hydrogens is 1210 g/mol. The van der Waals surface area contributed by atoms with Gasteiger partial charge in [0.1, 0.15) is 12.4 Å². The van der Waals surface area contributed by atoms with Gasteiger partial charge in [-0.1, -0.05) is 0 Å². The van der Waals surface area contributed by atoms with Crippen LogP contribution in [-0.4, -0.2) is 355 Å². The molecule has 91 heavy (non-hydrogen) atoms. The lowest BCUT2D eigenvalue weighted by atomic mass is 10.2. The Morgan fingerprint density at radius 3 is 0.593 bits per heavy atom. The SMILES string of the molecule is Cc1nnc(-c2ccc(OCCOCCOCCOCCOCCOCCOCCOCCOCCOCCOCCOCCOCCOCCOCCOCCOCCOCCOCCOCCOCCOCCOCCOCCOCCC(=O)O)cc2)nn1. The summed E-state index contributed by atoms with van der Waals surface area (Å²) in [7, 11) is 0. The molecule has 0 amide bonds. The van der Waals surface area contributed by atoms with Gasteiger partial charge in [0.05, 0.1) is 324 Å². The summed E-state index contributed by atoms with van der Waals surface area (Å²) in [6.45, 7) is 24.4. The Labute approximate surface area is 537 Å². The van der Waals surface area contributed by atoms with Crippen molar-refractivity contribution in [1.29, 1.82) is 0 Å². The van der Waals surface area contributed by atoms with E-state index in [9.17, 15) is 4.79 Å². The molecule has 0 aliphatic carbocycles. The van der Waals surface area contributed by atoms with Crippen LogP contribution < -0.4 is 4.74 Å². The van der Waals surface area contributed by atoms with Gasteiger partial charge in [-0.3, -0.25) is 4.79 Å². The summed E-state index contributed by atoms with van der Waals surface area (Å²) in [5, 5.41) is 24.5. The average molecular weight is 1320 g/mol. The van der Waals surface area contributed by atoms with E-state index in [-0.39, 0.29) is 13.0 Å². The molecule has 0 spiro atoms. The molecule has 1 N–H and O–H groups in total. The summed E-state index contributed by atoms with van der Waals surface area (Å²) in [6, 6.07) is 7.41. The van der Waals surface area contributed by atoms with Gasteiger partial charge in [-0.2, -0.15) is 0 Å². The predicted molar refractivity (Wildman–Crippen MR) is 325 cm³/mol. The number of rotatable bonds is 77. The number of hydrogen-bond acceptors (Lipinski definition) is 30. The topological polar surface area (TPSA) is 320 Å². The Morgan fingerprint density at radius 2 is 0.418 bits per heavy atom. The summed E-state index contributed by atoms with van der Waals surface area (Å²) in [5.41, 5.74) is 0.815. The molecule has 0 saturated heterocycles. The van der Waals surface area contributed by atoms with Crippen LogP contribution in [-0.2, 0) is 118 Å². The number of nitrogens with zero attached hydrogens (tertiary/aromatic N) is 4. The second-order valence-corrected chi connectivity index (χ2v) is 18.5. The van der Waals surface area contributed by atoms with E-state index in [2.05, 4.69) is 20.4 Å². The van der Waals surface area contributed by atoms with E-state index in [0.29, 0.717) is 329 Å². The molecule has 2 aromatic rings. The number of carboxylic acids is 1. The Bertz CT molecular complexity index is 1760. The summed E-state index contributed by atoms with van der Waals surface area (Å²) in [5.74, 6) is 0.836. The van der Waals surface area contributed by atoms with Crippen molar-refractivity contribution in [2.75, 3.05) is 324 Å². The summed E-state index contributed by atoms with van der Waals surface area (Å²) in [4.78, 5) is 10.4. The molecule has 0 radical (unpaired) electrons. The number of aromatic nitrogens is 4. The fraction of sp³-hybridized carbons (Fsp3) is 0.850. The third kappa shape index (κ3) is 63.6. The van der Waals surface area contributed by atoms with Crippen LogP contribution in [0.2, 0.25) is 0 Å². The van der Waals surface area contributed by atoms with E-state index >= 15 is 0 Å². The van der Waals surface area contributed by atoms with Crippen LogP contribution in [0.15, 0.2) is 24.3 Å². The number of benzene rings is 1. The van der Waals surface area contributed by atoms with Gasteiger partial charge in [0.25, 0.3) is 0 Å². The maximum atomic E-state index is 10.4. The van der Waals surface area contributed by atoms with Crippen LogP contribution in [0.4, 0.5) is 0 Å². The Hall–Kier alpha value is -3.53. The van der Waals surface area contributed by atoms with Crippen molar-refractivity contribution in [2.24, 2.45) is 0 Å². The third-order valence-electron chi connectivity index (χ3n) is 11.2. The molecule has 2 rings (SSSR count). The van der Waals surface area contributed by atoms with E-state index < -0.39 is 5.97 Å². The van der Waals surface area contributed by atoms with Crippen molar-refractivity contribution in [3.05, 3.63) is 30.1 Å². The van der Waals surface area contributed by atoms with Crippen molar-refractivity contribution >= 4 is 5.97 Å². The van der Waals surface area contributed by atoms with Gasteiger partial charge in [-0.25, -0.2) is 0 Å². The molecule has 31 nitrogen and oxygen atoms in total.